The fourth-order valence-corrected chi connectivity index (χ4v) is 3.13. The SMILES string of the molecule is Nc1ccc2cc3c4c(c(N)cc3nc2c1)OS(=O)(=O)O4. The standard InChI is InChI=1S/C13H9N3O4S/c14-7-2-1-6-3-8-11(16-10(6)4-7)5-9(15)13-12(8)19-21(17,18)20-13/h1-5H,14-15H2. The van der Waals surface area contributed by atoms with E-state index in [9.17, 15) is 8.42 Å². The van der Waals surface area contributed by atoms with E-state index in [1.807, 2.05) is 0 Å². The molecule has 106 valence electrons. The average Bonchev–Trinajstić information content (AvgIpc) is 2.73. The van der Waals surface area contributed by atoms with E-state index in [0.29, 0.717) is 22.1 Å². The topological polar surface area (TPSA) is 118 Å². The highest BCUT2D eigenvalue weighted by Crippen LogP contribution is 2.46. The van der Waals surface area contributed by atoms with Gasteiger partial charge in [-0.2, -0.15) is 0 Å². The van der Waals surface area contributed by atoms with Crippen molar-refractivity contribution in [1.29, 1.82) is 0 Å². The summed E-state index contributed by atoms with van der Waals surface area (Å²) in [5, 5.41) is 1.31. The number of nitrogen functional groups attached to an aromatic ring is 2. The Morgan fingerprint density at radius 1 is 0.952 bits per heavy atom. The number of hydrogen-bond donors (Lipinski definition) is 2. The lowest BCUT2D eigenvalue weighted by Crippen LogP contribution is -2.08. The Kier molecular flexibility index (Phi) is 2.10. The molecule has 7 nitrogen and oxygen atoms in total. The molecule has 0 unspecified atom stereocenters. The van der Waals surface area contributed by atoms with Crippen molar-refractivity contribution in [1.82, 2.24) is 4.98 Å². The molecule has 2 aromatic carbocycles. The fourth-order valence-electron chi connectivity index (χ4n) is 2.35. The van der Waals surface area contributed by atoms with Crippen molar-refractivity contribution in [2.45, 2.75) is 0 Å². The number of aromatic nitrogens is 1. The van der Waals surface area contributed by atoms with Crippen LogP contribution in [0.3, 0.4) is 0 Å². The van der Waals surface area contributed by atoms with Crippen molar-refractivity contribution < 1.29 is 16.8 Å². The third-order valence-electron chi connectivity index (χ3n) is 3.25. The predicted octanol–water partition coefficient (Wildman–Crippen LogP) is 1.57. The number of rotatable bonds is 0. The summed E-state index contributed by atoms with van der Waals surface area (Å²) in [5.41, 5.74) is 13.5. The second kappa shape index (κ2) is 3.67. The molecule has 2 heterocycles. The van der Waals surface area contributed by atoms with Gasteiger partial charge in [0.15, 0.2) is 0 Å². The van der Waals surface area contributed by atoms with Gasteiger partial charge in [-0.05, 0) is 24.3 Å². The molecule has 0 fully saturated rings. The predicted molar refractivity (Wildman–Crippen MR) is 78.2 cm³/mol. The Bertz CT molecular complexity index is 1030. The number of hydrogen-bond acceptors (Lipinski definition) is 7. The van der Waals surface area contributed by atoms with E-state index in [-0.39, 0.29) is 17.2 Å². The first kappa shape index (κ1) is 12.0. The molecule has 1 aromatic heterocycles. The van der Waals surface area contributed by atoms with Crippen LogP contribution in [0.5, 0.6) is 11.5 Å². The lowest BCUT2D eigenvalue weighted by Gasteiger charge is -2.06. The van der Waals surface area contributed by atoms with Gasteiger partial charge in [0, 0.05) is 16.5 Å². The smallest absolute Gasteiger partial charge is 0.399 e. The molecule has 21 heavy (non-hydrogen) atoms. The molecule has 4 N–H and O–H groups in total. The zero-order chi connectivity index (χ0) is 14.8. The molecule has 0 bridgehead atoms. The molecule has 1 aliphatic heterocycles. The van der Waals surface area contributed by atoms with Gasteiger partial charge in [-0.1, -0.05) is 6.07 Å². The Balaban J connectivity index is 2.14. The molecule has 0 aliphatic carbocycles. The highest BCUT2D eigenvalue weighted by atomic mass is 32.3. The number of nitrogens with zero attached hydrogens (tertiary/aromatic N) is 1. The van der Waals surface area contributed by atoms with Crippen molar-refractivity contribution in [2.24, 2.45) is 0 Å². The van der Waals surface area contributed by atoms with Gasteiger partial charge in [-0.15, -0.1) is 8.42 Å². The van der Waals surface area contributed by atoms with Crippen LogP contribution in [0.2, 0.25) is 0 Å². The molecule has 4 rings (SSSR count). The van der Waals surface area contributed by atoms with E-state index in [1.165, 1.54) is 0 Å². The highest BCUT2D eigenvalue weighted by Gasteiger charge is 2.33. The van der Waals surface area contributed by atoms with E-state index in [0.717, 1.165) is 5.39 Å². The molecule has 0 saturated heterocycles. The number of anilines is 2. The number of nitrogens with two attached hydrogens (primary N) is 2. The average molecular weight is 303 g/mol. The summed E-state index contributed by atoms with van der Waals surface area (Å²) in [7, 11) is -4.11. The maximum atomic E-state index is 11.5. The van der Waals surface area contributed by atoms with Gasteiger partial charge in [-0.3, -0.25) is 0 Å². The summed E-state index contributed by atoms with van der Waals surface area (Å²) in [6.07, 6.45) is 0. The summed E-state index contributed by atoms with van der Waals surface area (Å²) >= 11 is 0. The van der Waals surface area contributed by atoms with Gasteiger partial charge in [0.1, 0.15) is 0 Å². The normalized spacial score (nSPS) is 15.6. The van der Waals surface area contributed by atoms with Crippen LogP contribution in [0.25, 0.3) is 21.8 Å². The maximum Gasteiger partial charge on any atom is 0.501 e. The lowest BCUT2D eigenvalue weighted by atomic mass is 10.1. The summed E-state index contributed by atoms with van der Waals surface area (Å²) in [5.74, 6) is 0.0651. The minimum atomic E-state index is -4.11. The first-order valence-electron chi connectivity index (χ1n) is 5.99. The minimum absolute atomic E-state index is 0.000838. The van der Waals surface area contributed by atoms with Crippen molar-refractivity contribution in [3.05, 3.63) is 30.3 Å². The molecular weight excluding hydrogens is 294 g/mol. The molecule has 0 saturated carbocycles. The molecule has 0 atom stereocenters. The maximum absolute atomic E-state index is 11.5. The minimum Gasteiger partial charge on any atom is -0.399 e. The monoisotopic (exact) mass is 303 g/mol. The van der Waals surface area contributed by atoms with Gasteiger partial charge >= 0.3 is 10.4 Å². The molecular formula is C13H9N3O4S. The van der Waals surface area contributed by atoms with Crippen LogP contribution in [0.15, 0.2) is 30.3 Å². The summed E-state index contributed by atoms with van der Waals surface area (Å²) in [6.45, 7) is 0. The fraction of sp³-hybridized carbons (Fsp3) is 0. The highest BCUT2D eigenvalue weighted by molar-refractivity contribution is 7.82. The molecule has 3 aromatic rings. The van der Waals surface area contributed by atoms with Crippen LogP contribution in [0, 0.1) is 0 Å². The molecule has 1 aliphatic rings. The van der Waals surface area contributed by atoms with E-state index in [1.54, 1.807) is 30.3 Å². The van der Waals surface area contributed by atoms with Gasteiger partial charge in [0.05, 0.1) is 16.7 Å². The Labute approximate surface area is 119 Å². The number of benzene rings is 2. The second-order valence-electron chi connectivity index (χ2n) is 4.71. The van der Waals surface area contributed by atoms with Crippen molar-refractivity contribution >= 4 is 43.6 Å². The molecule has 8 heteroatoms. The molecule has 0 radical (unpaired) electrons. The van der Waals surface area contributed by atoms with Gasteiger partial charge in [-0.25, -0.2) is 4.98 Å². The zero-order valence-electron chi connectivity index (χ0n) is 10.5. The first-order valence-corrected chi connectivity index (χ1v) is 7.33. The van der Waals surface area contributed by atoms with Crippen LogP contribution in [-0.4, -0.2) is 13.4 Å². The van der Waals surface area contributed by atoms with Crippen LogP contribution < -0.4 is 19.8 Å². The van der Waals surface area contributed by atoms with Gasteiger partial charge in [0.25, 0.3) is 0 Å². The molecule has 0 amide bonds. The first-order chi connectivity index (χ1) is 9.93. The third kappa shape index (κ3) is 1.73. The summed E-state index contributed by atoms with van der Waals surface area (Å²) in [4.78, 5) is 4.43. The second-order valence-corrected chi connectivity index (χ2v) is 5.86. The van der Waals surface area contributed by atoms with Crippen LogP contribution in [0.4, 0.5) is 11.4 Å². The Morgan fingerprint density at radius 2 is 1.71 bits per heavy atom. The van der Waals surface area contributed by atoms with Crippen LogP contribution in [0.1, 0.15) is 0 Å². The van der Waals surface area contributed by atoms with Crippen molar-refractivity contribution in [3.8, 4) is 11.5 Å². The largest absolute Gasteiger partial charge is 0.501 e. The Hall–Kier alpha value is -2.74. The van der Waals surface area contributed by atoms with Gasteiger partial charge in [0.2, 0.25) is 11.5 Å². The zero-order valence-corrected chi connectivity index (χ0v) is 11.3. The van der Waals surface area contributed by atoms with Gasteiger partial charge < -0.3 is 19.8 Å². The summed E-state index contributed by atoms with van der Waals surface area (Å²) < 4.78 is 32.5. The quantitative estimate of drug-likeness (QED) is 0.478. The summed E-state index contributed by atoms with van der Waals surface area (Å²) in [6, 6.07) is 8.57. The van der Waals surface area contributed by atoms with E-state index >= 15 is 0 Å². The number of fused-ring (bicyclic) bond motifs is 4. The molecule has 0 spiro atoms. The van der Waals surface area contributed by atoms with E-state index < -0.39 is 10.4 Å². The van der Waals surface area contributed by atoms with Crippen molar-refractivity contribution in [2.75, 3.05) is 11.5 Å². The van der Waals surface area contributed by atoms with Crippen molar-refractivity contribution in [3.63, 3.8) is 0 Å². The van der Waals surface area contributed by atoms with Crippen LogP contribution in [-0.2, 0) is 10.4 Å². The Morgan fingerprint density at radius 3 is 2.52 bits per heavy atom. The lowest BCUT2D eigenvalue weighted by molar-refractivity contribution is 0.437. The van der Waals surface area contributed by atoms with E-state index in [4.69, 9.17) is 19.8 Å². The number of pyridine rings is 1. The third-order valence-corrected chi connectivity index (χ3v) is 3.99. The van der Waals surface area contributed by atoms with E-state index in [2.05, 4.69) is 4.98 Å². The van der Waals surface area contributed by atoms with Crippen LogP contribution >= 0.6 is 0 Å².